The summed E-state index contributed by atoms with van der Waals surface area (Å²) in [4.78, 5) is 0. The van der Waals surface area contributed by atoms with Crippen molar-refractivity contribution < 1.29 is 8.42 Å². The molecule has 0 bridgehead atoms. The van der Waals surface area contributed by atoms with E-state index in [1.165, 1.54) is 19.1 Å². The Balaban J connectivity index is 2.13. The molecule has 0 saturated heterocycles. The van der Waals surface area contributed by atoms with Crippen molar-refractivity contribution >= 4 is 10.0 Å². The summed E-state index contributed by atoms with van der Waals surface area (Å²) >= 11 is 0. The molecule has 4 heteroatoms. The van der Waals surface area contributed by atoms with Crippen LogP contribution in [0.3, 0.4) is 0 Å². The second-order valence-electron chi connectivity index (χ2n) is 4.26. The number of hydrogen-bond donors (Lipinski definition) is 0. The van der Waals surface area contributed by atoms with Gasteiger partial charge in [0.25, 0.3) is 0 Å². The molecule has 0 radical (unpaired) electrons. The van der Waals surface area contributed by atoms with E-state index in [9.17, 15) is 8.42 Å². The molecule has 0 spiro atoms. The highest BCUT2D eigenvalue weighted by Crippen LogP contribution is 2.35. The first-order chi connectivity index (χ1) is 6.09. The minimum atomic E-state index is -2.95. The Kier molecular flexibility index (Phi) is 2.36. The fourth-order valence-electron chi connectivity index (χ4n) is 2.33. The number of hydrogen-bond acceptors (Lipinski definition) is 2. The highest BCUT2D eigenvalue weighted by atomic mass is 32.2. The summed E-state index contributed by atoms with van der Waals surface area (Å²) in [7, 11) is -2.95. The molecule has 0 atom stereocenters. The van der Waals surface area contributed by atoms with Crippen LogP contribution < -0.4 is 0 Å². The molecule has 2 fully saturated rings. The van der Waals surface area contributed by atoms with Gasteiger partial charge < -0.3 is 0 Å². The van der Waals surface area contributed by atoms with Crippen LogP contribution in [0.1, 0.15) is 38.5 Å². The van der Waals surface area contributed by atoms with Crippen LogP contribution in [-0.4, -0.2) is 31.1 Å². The van der Waals surface area contributed by atoms with Crippen LogP contribution in [0.2, 0.25) is 0 Å². The van der Waals surface area contributed by atoms with E-state index in [1.807, 2.05) is 0 Å². The van der Waals surface area contributed by atoms with Gasteiger partial charge in [0.2, 0.25) is 10.0 Å². The molecular weight excluding hydrogens is 186 g/mol. The Bertz CT molecular complexity index is 276. The number of rotatable bonds is 3. The Morgan fingerprint density at radius 3 is 1.85 bits per heavy atom. The second-order valence-corrected chi connectivity index (χ2v) is 6.15. The second kappa shape index (κ2) is 3.24. The van der Waals surface area contributed by atoms with Gasteiger partial charge in [0.05, 0.1) is 6.26 Å². The zero-order valence-corrected chi connectivity index (χ0v) is 8.89. The van der Waals surface area contributed by atoms with Crippen LogP contribution in [0, 0.1) is 0 Å². The third-order valence-electron chi connectivity index (χ3n) is 2.97. The smallest absolute Gasteiger partial charge is 0.211 e. The monoisotopic (exact) mass is 203 g/mol. The maximum absolute atomic E-state index is 11.5. The predicted molar refractivity (Wildman–Crippen MR) is 52.0 cm³/mol. The first-order valence-electron chi connectivity index (χ1n) is 5.07. The van der Waals surface area contributed by atoms with E-state index in [2.05, 4.69) is 0 Å². The third kappa shape index (κ3) is 2.05. The molecule has 2 aliphatic carbocycles. The normalized spacial score (nSPS) is 25.7. The summed E-state index contributed by atoms with van der Waals surface area (Å²) in [5, 5.41) is 0. The summed E-state index contributed by atoms with van der Waals surface area (Å²) in [5.74, 6) is 0. The largest absolute Gasteiger partial charge is 0.212 e. The van der Waals surface area contributed by atoms with Crippen molar-refractivity contribution in [2.45, 2.75) is 50.6 Å². The summed E-state index contributed by atoms with van der Waals surface area (Å²) in [6.45, 7) is 0. The first kappa shape index (κ1) is 9.46. The quantitative estimate of drug-likeness (QED) is 0.694. The molecule has 0 amide bonds. The van der Waals surface area contributed by atoms with Crippen molar-refractivity contribution in [2.75, 3.05) is 6.26 Å². The van der Waals surface area contributed by atoms with Gasteiger partial charge in [0.1, 0.15) is 0 Å². The number of nitrogens with zero attached hydrogens (tertiary/aromatic N) is 1. The minimum Gasteiger partial charge on any atom is -0.212 e. The highest BCUT2D eigenvalue weighted by Gasteiger charge is 2.40. The van der Waals surface area contributed by atoms with Crippen molar-refractivity contribution in [2.24, 2.45) is 0 Å². The van der Waals surface area contributed by atoms with E-state index in [1.54, 1.807) is 4.31 Å². The van der Waals surface area contributed by atoms with Gasteiger partial charge in [-0.1, -0.05) is 12.8 Å². The molecule has 13 heavy (non-hydrogen) atoms. The topological polar surface area (TPSA) is 37.4 Å². The predicted octanol–water partition coefficient (Wildman–Crippen LogP) is 1.35. The Labute approximate surface area is 80.2 Å². The lowest BCUT2D eigenvalue weighted by Gasteiger charge is -2.25. The first-order valence-corrected chi connectivity index (χ1v) is 6.92. The molecule has 0 aromatic heterocycles. The van der Waals surface area contributed by atoms with Crippen molar-refractivity contribution in [1.82, 2.24) is 4.31 Å². The van der Waals surface area contributed by atoms with Crippen LogP contribution in [0.25, 0.3) is 0 Å². The van der Waals surface area contributed by atoms with Crippen LogP contribution in [0.4, 0.5) is 0 Å². The summed E-state index contributed by atoms with van der Waals surface area (Å²) < 4.78 is 24.8. The summed E-state index contributed by atoms with van der Waals surface area (Å²) in [6.07, 6.45) is 8.04. The lowest BCUT2D eigenvalue weighted by atomic mass is 10.2. The van der Waals surface area contributed by atoms with Crippen molar-refractivity contribution in [3.05, 3.63) is 0 Å². The molecule has 0 aromatic carbocycles. The van der Waals surface area contributed by atoms with Gasteiger partial charge in [-0.15, -0.1) is 0 Å². The van der Waals surface area contributed by atoms with Gasteiger partial charge in [0, 0.05) is 12.1 Å². The lowest BCUT2D eigenvalue weighted by molar-refractivity contribution is 0.317. The molecule has 2 aliphatic rings. The van der Waals surface area contributed by atoms with Gasteiger partial charge in [-0.3, -0.25) is 0 Å². The summed E-state index contributed by atoms with van der Waals surface area (Å²) in [6, 6.07) is 0.667. The van der Waals surface area contributed by atoms with E-state index in [0.717, 1.165) is 25.7 Å². The number of sulfonamides is 1. The molecule has 76 valence electrons. The van der Waals surface area contributed by atoms with Crippen molar-refractivity contribution in [1.29, 1.82) is 0 Å². The van der Waals surface area contributed by atoms with E-state index in [4.69, 9.17) is 0 Å². The molecule has 3 nitrogen and oxygen atoms in total. The fourth-order valence-corrected chi connectivity index (χ4v) is 3.83. The average Bonchev–Trinajstić information content (AvgIpc) is 2.63. The van der Waals surface area contributed by atoms with E-state index >= 15 is 0 Å². The van der Waals surface area contributed by atoms with Crippen molar-refractivity contribution in [3.8, 4) is 0 Å². The maximum Gasteiger partial charge on any atom is 0.211 e. The van der Waals surface area contributed by atoms with Gasteiger partial charge in [-0.2, -0.15) is 4.31 Å². The average molecular weight is 203 g/mol. The van der Waals surface area contributed by atoms with Gasteiger partial charge in [-0.25, -0.2) is 8.42 Å². The fraction of sp³-hybridized carbons (Fsp3) is 1.00. The van der Waals surface area contributed by atoms with E-state index < -0.39 is 10.0 Å². The lowest BCUT2D eigenvalue weighted by Crippen LogP contribution is -2.39. The zero-order chi connectivity index (χ0) is 9.47. The van der Waals surface area contributed by atoms with Crippen LogP contribution in [0.15, 0.2) is 0 Å². The van der Waals surface area contributed by atoms with Crippen molar-refractivity contribution in [3.63, 3.8) is 0 Å². The van der Waals surface area contributed by atoms with E-state index in [0.29, 0.717) is 12.1 Å². The van der Waals surface area contributed by atoms with Crippen LogP contribution in [0.5, 0.6) is 0 Å². The van der Waals surface area contributed by atoms with Gasteiger partial charge in [0.15, 0.2) is 0 Å². The Morgan fingerprint density at radius 1 is 1.00 bits per heavy atom. The van der Waals surface area contributed by atoms with Gasteiger partial charge in [-0.05, 0) is 25.7 Å². The minimum absolute atomic E-state index is 0.322. The maximum atomic E-state index is 11.5. The van der Waals surface area contributed by atoms with Gasteiger partial charge >= 0.3 is 0 Å². The highest BCUT2D eigenvalue weighted by molar-refractivity contribution is 7.88. The molecule has 2 saturated carbocycles. The SMILES string of the molecule is CS(=O)(=O)N(C1CCCC1)C1CC1. The zero-order valence-electron chi connectivity index (χ0n) is 8.07. The molecule has 0 N–H and O–H groups in total. The third-order valence-corrected chi connectivity index (χ3v) is 4.34. The standard InChI is InChI=1S/C9H17NO2S/c1-13(11,12)10(9-6-7-9)8-4-2-3-5-8/h8-9H,2-7H2,1H3. The van der Waals surface area contributed by atoms with Crippen LogP contribution in [-0.2, 0) is 10.0 Å². The van der Waals surface area contributed by atoms with E-state index in [-0.39, 0.29) is 0 Å². The molecule has 0 unspecified atom stereocenters. The van der Waals surface area contributed by atoms with Crippen LogP contribution >= 0.6 is 0 Å². The molecule has 0 aromatic rings. The Morgan fingerprint density at radius 2 is 1.46 bits per heavy atom. The summed E-state index contributed by atoms with van der Waals surface area (Å²) in [5.41, 5.74) is 0. The molecular formula is C9H17NO2S. The Hall–Kier alpha value is -0.0900. The molecule has 2 rings (SSSR count). The molecule has 0 heterocycles. The molecule has 0 aliphatic heterocycles.